The Morgan fingerprint density at radius 2 is 1.31 bits per heavy atom. The molecule has 0 aromatic carbocycles. The van der Waals surface area contributed by atoms with Crippen molar-refractivity contribution in [2.45, 2.75) is 8.63 Å². The Labute approximate surface area is 102 Å². The smallest absolute Gasteiger partial charge is 0.220 e. The molecule has 0 spiro atoms. The Kier molecular flexibility index (Phi) is 7.29. The topological polar surface area (TPSA) is 12.9 Å². The zero-order chi connectivity index (χ0) is 10.3. The van der Waals surface area contributed by atoms with E-state index in [1.165, 1.54) is 0 Å². The molecule has 6 heteroatoms. The highest BCUT2D eigenvalue weighted by molar-refractivity contribution is 6.73. The van der Waals surface area contributed by atoms with Crippen LogP contribution in [0.1, 0.15) is 0 Å². The molecule has 1 heterocycles. The first kappa shape index (κ1) is 13.6. The lowest BCUT2D eigenvalue weighted by atomic mass is 10.5. The summed E-state index contributed by atoms with van der Waals surface area (Å²) in [5.74, 6) is 0. The normalized spacial score (nSPS) is 10.6. The molecule has 0 saturated heterocycles. The van der Waals surface area contributed by atoms with Crippen molar-refractivity contribution in [1.29, 1.82) is 0 Å². The highest BCUT2D eigenvalue weighted by atomic mass is 35.6. The van der Waals surface area contributed by atoms with Gasteiger partial charge in [0.15, 0.2) is 4.84 Å². The molecule has 1 rings (SSSR count). The standard InChI is InChI=1S/C5H5N.C2HCl5/c1-2-4-6-5-3-1;3-1(4)2(5,6)7/h1-5H;1H. The number of nitrogens with zero attached hydrogens (tertiary/aromatic N) is 1. The molecule has 13 heavy (non-hydrogen) atoms. The molecule has 0 radical (unpaired) electrons. The molecule has 0 N–H and O–H groups in total. The summed E-state index contributed by atoms with van der Waals surface area (Å²) in [7, 11) is 0. The third-order valence-corrected chi connectivity index (χ3v) is 2.79. The Morgan fingerprint density at radius 1 is 0.923 bits per heavy atom. The molecule has 0 unspecified atom stereocenters. The lowest BCUT2D eigenvalue weighted by Crippen LogP contribution is -2.11. The Hall–Kier alpha value is 0.600. The molecule has 0 amide bonds. The van der Waals surface area contributed by atoms with E-state index in [1.54, 1.807) is 12.4 Å². The Bertz CT molecular complexity index is 181. The maximum Gasteiger partial charge on any atom is 0.220 e. The van der Waals surface area contributed by atoms with Crippen LogP contribution in [0.15, 0.2) is 30.6 Å². The van der Waals surface area contributed by atoms with E-state index in [-0.39, 0.29) is 0 Å². The number of hydrogen-bond acceptors (Lipinski definition) is 1. The first-order valence-electron chi connectivity index (χ1n) is 3.14. The van der Waals surface area contributed by atoms with Crippen LogP contribution in [-0.2, 0) is 0 Å². The van der Waals surface area contributed by atoms with Gasteiger partial charge in [-0.05, 0) is 12.1 Å². The van der Waals surface area contributed by atoms with Crippen LogP contribution in [0, 0.1) is 0 Å². The van der Waals surface area contributed by atoms with Crippen molar-refractivity contribution in [1.82, 2.24) is 4.98 Å². The minimum Gasteiger partial charge on any atom is -0.265 e. The minimum absolute atomic E-state index is 0.961. The molecule has 0 bridgehead atoms. The summed E-state index contributed by atoms with van der Waals surface area (Å²) in [5, 5.41) is 0. The lowest BCUT2D eigenvalue weighted by molar-refractivity contribution is 1.19. The SMILES string of the molecule is ClC(Cl)C(Cl)(Cl)Cl.c1ccncc1. The van der Waals surface area contributed by atoms with Crippen LogP contribution in [0.3, 0.4) is 0 Å². The first-order valence-corrected chi connectivity index (χ1v) is 5.15. The largest absolute Gasteiger partial charge is 0.265 e. The minimum atomic E-state index is -1.55. The van der Waals surface area contributed by atoms with Crippen molar-refractivity contribution in [2.24, 2.45) is 0 Å². The highest BCUT2D eigenvalue weighted by Crippen LogP contribution is 2.35. The van der Waals surface area contributed by atoms with Gasteiger partial charge in [0.05, 0.1) is 0 Å². The van der Waals surface area contributed by atoms with Gasteiger partial charge in [-0.3, -0.25) is 4.98 Å². The van der Waals surface area contributed by atoms with E-state index >= 15 is 0 Å². The van der Waals surface area contributed by atoms with E-state index in [1.807, 2.05) is 18.2 Å². The summed E-state index contributed by atoms with van der Waals surface area (Å²) in [6.45, 7) is 0. The van der Waals surface area contributed by atoms with Gasteiger partial charge in [-0.1, -0.05) is 40.9 Å². The number of hydrogen-bond donors (Lipinski definition) is 0. The van der Waals surface area contributed by atoms with Crippen LogP contribution >= 0.6 is 58.0 Å². The summed E-state index contributed by atoms with van der Waals surface area (Å²) in [4.78, 5) is 2.82. The van der Waals surface area contributed by atoms with Gasteiger partial charge in [-0.15, -0.1) is 23.2 Å². The maximum absolute atomic E-state index is 5.14. The van der Waals surface area contributed by atoms with Crippen LogP contribution in [-0.4, -0.2) is 13.6 Å². The number of aromatic nitrogens is 1. The molecular weight excluding hydrogens is 275 g/mol. The van der Waals surface area contributed by atoms with E-state index < -0.39 is 8.63 Å². The van der Waals surface area contributed by atoms with Crippen molar-refractivity contribution in [2.75, 3.05) is 0 Å². The third-order valence-electron chi connectivity index (χ3n) is 0.814. The van der Waals surface area contributed by atoms with Crippen molar-refractivity contribution in [3.05, 3.63) is 30.6 Å². The molecule has 74 valence electrons. The number of pyridine rings is 1. The van der Waals surface area contributed by atoms with Crippen LogP contribution in [0.5, 0.6) is 0 Å². The second-order valence-corrected chi connectivity index (χ2v) is 5.33. The zero-order valence-corrected chi connectivity index (χ0v) is 10.1. The van der Waals surface area contributed by atoms with Gasteiger partial charge in [-0.25, -0.2) is 0 Å². The average molecular weight is 281 g/mol. The molecule has 0 fully saturated rings. The van der Waals surface area contributed by atoms with Gasteiger partial charge in [0.1, 0.15) is 0 Å². The van der Waals surface area contributed by atoms with Crippen LogP contribution in [0.4, 0.5) is 0 Å². The summed E-state index contributed by atoms with van der Waals surface area (Å²) in [6, 6.07) is 5.72. The molecule has 0 aliphatic rings. The third kappa shape index (κ3) is 8.92. The van der Waals surface area contributed by atoms with Crippen molar-refractivity contribution in [3.63, 3.8) is 0 Å². The second-order valence-electron chi connectivity index (χ2n) is 1.87. The van der Waals surface area contributed by atoms with E-state index in [0.29, 0.717) is 0 Å². The van der Waals surface area contributed by atoms with E-state index in [4.69, 9.17) is 58.0 Å². The van der Waals surface area contributed by atoms with Gasteiger partial charge < -0.3 is 0 Å². The molecule has 0 aliphatic heterocycles. The molecule has 1 aromatic heterocycles. The van der Waals surface area contributed by atoms with Gasteiger partial charge in [0.25, 0.3) is 0 Å². The Morgan fingerprint density at radius 3 is 1.38 bits per heavy atom. The fourth-order valence-electron chi connectivity index (χ4n) is 0.313. The van der Waals surface area contributed by atoms with E-state index in [0.717, 1.165) is 0 Å². The molecule has 0 aliphatic carbocycles. The van der Waals surface area contributed by atoms with Crippen molar-refractivity contribution < 1.29 is 0 Å². The molecule has 1 nitrogen and oxygen atoms in total. The number of alkyl halides is 5. The fourth-order valence-corrected chi connectivity index (χ4v) is 0.313. The van der Waals surface area contributed by atoms with Crippen LogP contribution in [0.2, 0.25) is 0 Å². The summed E-state index contributed by atoms with van der Waals surface area (Å²) < 4.78 is -1.55. The van der Waals surface area contributed by atoms with Crippen molar-refractivity contribution >= 4 is 58.0 Å². The number of rotatable bonds is 0. The van der Waals surface area contributed by atoms with Gasteiger partial charge in [0, 0.05) is 12.4 Å². The molecule has 1 aromatic rings. The average Bonchev–Trinajstić information content (AvgIpc) is 2.07. The van der Waals surface area contributed by atoms with Gasteiger partial charge >= 0.3 is 0 Å². The van der Waals surface area contributed by atoms with Crippen LogP contribution < -0.4 is 0 Å². The monoisotopic (exact) mass is 279 g/mol. The van der Waals surface area contributed by atoms with Gasteiger partial charge in [0.2, 0.25) is 3.79 Å². The molecular formula is C7H6Cl5N. The van der Waals surface area contributed by atoms with E-state index in [9.17, 15) is 0 Å². The van der Waals surface area contributed by atoms with Crippen molar-refractivity contribution in [3.8, 4) is 0 Å². The predicted molar refractivity (Wildman–Crippen MR) is 60.0 cm³/mol. The zero-order valence-electron chi connectivity index (χ0n) is 6.30. The predicted octanol–water partition coefficient (Wildman–Crippen LogP) is 4.24. The molecule has 0 saturated carbocycles. The molecule has 0 atom stereocenters. The number of halogens is 5. The fraction of sp³-hybridized carbons (Fsp3) is 0.286. The Balaban J connectivity index is 0.000000223. The van der Waals surface area contributed by atoms with E-state index in [2.05, 4.69) is 4.98 Å². The maximum atomic E-state index is 5.14. The lowest BCUT2D eigenvalue weighted by Gasteiger charge is -2.09. The highest BCUT2D eigenvalue weighted by Gasteiger charge is 2.28. The summed E-state index contributed by atoms with van der Waals surface area (Å²) >= 11 is 25.7. The van der Waals surface area contributed by atoms with Crippen LogP contribution in [0.25, 0.3) is 0 Å². The summed E-state index contributed by atoms with van der Waals surface area (Å²) in [6.07, 6.45) is 3.50. The van der Waals surface area contributed by atoms with Gasteiger partial charge in [-0.2, -0.15) is 0 Å². The second kappa shape index (κ2) is 6.97. The first-order chi connectivity index (χ1) is 5.94. The quantitative estimate of drug-likeness (QED) is 0.648. The summed E-state index contributed by atoms with van der Waals surface area (Å²) in [5.41, 5.74) is 0.